The monoisotopic (exact) mass is 277 g/mol. The van der Waals surface area contributed by atoms with E-state index in [4.69, 9.17) is 16.1 Å². The third-order valence-corrected chi connectivity index (χ3v) is 3.89. The maximum absolute atomic E-state index is 6.23. The molecule has 5 heteroatoms. The Kier molecular flexibility index (Phi) is 3.53. The number of piperidine rings is 1. The van der Waals surface area contributed by atoms with E-state index in [0.717, 1.165) is 42.9 Å². The average molecular weight is 278 g/mol. The van der Waals surface area contributed by atoms with Crippen molar-refractivity contribution in [2.45, 2.75) is 25.7 Å². The molecule has 0 radical (unpaired) electrons. The standard InChI is InChI=1S/C14H16ClN3O/c1-9-3-2-4-11(15)12(9)13-17-14(19-18-13)10-5-7-16-8-6-10/h2-4,10,16H,5-8H2,1H3. The lowest BCUT2D eigenvalue weighted by Crippen LogP contribution is -2.26. The Hall–Kier alpha value is -1.39. The Morgan fingerprint density at radius 3 is 2.84 bits per heavy atom. The molecule has 1 aromatic heterocycles. The van der Waals surface area contributed by atoms with Crippen LogP contribution in [0.1, 0.15) is 30.2 Å². The van der Waals surface area contributed by atoms with Crippen LogP contribution in [0.3, 0.4) is 0 Å². The van der Waals surface area contributed by atoms with Gasteiger partial charge in [-0.25, -0.2) is 0 Å². The second-order valence-corrected chi connectivity index (χ2v) is 5.32. The molecule has 0 unspecified atom stereocenters. The first kappa shape index (κ1) is 12.6. The van der Waals surface area contributed by atoms with Gasteiger partial charge in [-0.3, -0.25) is 0 Å². The van der Waals surface area contributed by atoms with E-state index in [1.807, 2.05) is 25.1 Å². The van der Waals surface area contributed by atoms with Crippen LogP contribution in [0.5, 0.6) is 0 Å². The van der Waals surface area contributed by atoms with Crippen LogP contribution in [0.15, 0.2) is 22.7 Å². The van der Waals surface area contributed by atoms with Gasteiger partial charge in [0.25, 0.3) is 0 Å². The van der Waals surface area contributed by atoms with E-state index in [1.54, 1.807) is 0 Å². The Balaban J connectivity index is 1.92. The van der Waals surface area contributed by atoms with Gasteiger partial charge in [0.2, 0.25) is 11.7 Å². The molecule has 19 heavy (non-hydrogen) atoms. The van der Waals surface area contributed by atoms with Gasteiger partial charge >= 0.3 is 0 Å². The summed E-state index contributed by atoms with van der Waals surface area (Å²) in [5, 5.41) is 8.09. The number of nitrogens with one attached hydrogen (secondary N) is 1. The lowest BCUT2D eigenvalue weighted by molar-refractivity contribution is 0.320. The van der Waals surface area contributed by atoms with Gasteiger partial charge in [0.15, 0.2) is 0 Å². The van der Waals surface area contributed by atoms with Crippen LogP contribution in [-0.2, 0) is 0 Å². The van der Waals surface area contributed by atoms with Crippen molar-refractivity contribution in [1.29, 1.82) is 0 Å². The Labute approximate surface area is 117 Å². The summed E-state index contributed by atoms with van der Waals surface area (Å²) in [6.07, 6.45) is 2.09. The third kappa shape index (κ3) is 2.51. The van der Waals surface area contributed by atoms with Gasteiger partial charge in [-0.05, 0) is 44.5 Å². The van der Waals surface area contributed by atoms with Gasteiger partial charge in [-0.1, -0.05) is 28.9 Å². The van der Waals surface area contributed by atoms with E-state index in [0.29, 0.717) is 16.8 Å². The summed E-state index contributed by atoms with van der Waals surface area (Å²) >= 11 is 6.23. The van der Waals surface area contributed by atoms with Crippen LogP contribution in [-0.4, -0.2) is 23.2 Å². The van der Waals surface area contributed by atoms with Crippen molar-refractivity contribution in [3.05, 3.63) is 34.7 Å². The summed E-state index contributed by atoms with van der Waals surface area (Å²) in [4.78, 5) is 4.54. The molecule has 100 valence electrons. The topological polar surface area (TPSA) is 51.0 Å². The van der Waals surface area contributed by atoms with E-state index in [9.17, 15) is 0 Å². The SMILES string of the molecule is Cc1cccc(Cl)c1-c1noc(C2CCNCC2)n1. The van der Waals surface area contributed by atoms with E-state index < -0.39 is 0 Å². The highest BCUT2D eigenvalue weighted by Crippen LogP contribution is 2.31. The molecule has 1 N–H and O–H groups in total. The Morgan fingerprint density at radius 1 is 1.32 bits per heavy atom. The van der Waals surface area contributed by atoms with Crippen LogP contribution in [0.4, 0.5) is 0 Å². The normalized spacial score (nSPS) is 16.7. The molecule has 1 saturated heterocycles. The van der Waals surface area contributed by atoms with Crippen molar-refractivity contribution in [2.75, 3.05) is 13.1 Å². The summed E-state index contributed by atoms with van der Waals surface area (Å²) in [5.41, 5.74) is 1.93. The van der Waals surface area contributed by atoms with Gasteiger partial charge in [0, 0.05) is 11.5 Å². The highest BCUT2D eigenvalue weighted by molar-refractivity contribution is 6.33. The van der Waals surface area contributed by atoms with Gasteiger partial charge in [0.05, 0.1) is 5.02 Å². The van der Waals surface area contributed by atoms with Crippen molar-refractivity contribution >= 4 is 11.6 Å². The van der Waals surface area contributed by atoms with Crippen LogP contribution in [0, 0.1) is 6.92 Å². The Morgan fingerprint density at radius 2 is 2.11 bits per heavy atom. The van der Waals surface area contributed by atoms with Crippen molar-refractivity contribution in [3.63, 3.8) is 0 Å². The zero-order valence-corrected chi connectivity index (χ0v) is 11.6. The summed E-state index contributed by atoms with van der Waals surface area (Å²) in [7, 11) is 0. The summed E-state index contributed by atoms with van der Waals surface area (Å²) < 4.78 is 5.42. The predicted octanol–water partition coefficient (Wildman–Crippen LogP) is 3.17. The minimum Gasteiger partial charge on any atom is -0.339 e. The molecule has 0 aliphatic carbocycles. The lowest BCUT2D eigenvalue weighted by atomic mass is 9.98. The first-order chi connectivity index (χ1) is 9.25. The number of nitrogens with zero attached hydrogens (tertiary/aromatic N) is 2. The molecule has 0 amide bonds. The van der Waals surface area contributed by atoms with Crippen molar-refractivity contribution in [1.82, 2.24) is 15.5 Å². The summed E-state index contributed by atoms with van der Waals surface area (Å²) in [6, 6.07) is 5.78. The van der Waals surface area contributed by atoms with E-state index in [2.05, 4.69) is 15.5 Å². The fourth-order valence-electron chi connectivity index (χ4n) is 2.49. The molecule has 1 fully saturated rings. The number of hydrogen-bond donors (Lipinski definition) is 1. The van der Waals surface area contributed by atoms with Crippen LogP contribution < -0.4 is 5.32 Å². The van der Waals surface area contributed by atoms with Crippen LogP contribution in [0.2, 0.25) is 5.02 Å². The number of rotatable bonds is 2. The number of benzene rings is 1. The summed E-state index contributed by atoms with van der Waals surface area (Å²) in [5.74, 6) is 1.69. The molecule has 4 nitrogen and oxygen atoms in total. The number of aryl methyl sites for hydroxylation is 1. The minimum atomic E-state index is 0.366. The molecule has 0 atom stereocenters. The second kappa shape index (κ2) is 5.31. The maximum Gasteiger partial charge on any atom is 0.230 e. The highest BCUT2D eigenvalue weighted by Gasteiger charge is 2.22. The molecule has 0 bridgehead atoms. The quantitative estimate of drug-likeness (QED) is 0.916. The molecular weight excluding hydrogens is 262 g/mol. The molecule has 1 aromatic carbocycles. The largest absolute Gasteiger partial charge is 0.339 e. The van der Waals surface area contributed by atoms with Gasteiger partial charge in [-0.15, -0.1) is 0 Å². The fraction of sp³-hybridized carbons (Fsp3) is 0.429. The lowest BCUT2D eigenvalue weighted by Gasteiger charge is -2.18. The Bertz CT molecular complexity index is 556. The number of aromatic nitrogens is 2. The van der Waals surface area contributed by atoms with E-state index in [-0.39, 0.29) is 0 Å². The highest BCUT2D eigenvalue weighted by atomic mass is 35.5. The van der Waals surface area contributed by atoms with Crippen molar-refractivity contribution in [2.24, 2.45) is 0 Å². The number of hydrogen-bond acceptors (Lipinski definition) is 4. The fourth-order valence-corrected chi connectivity index (χ4v) is 2.79. The predicted molar refractivity (Wildman–Crippen MR) is 74.3 cm³/mol. The molecule has 2 aromatic rings. The van der Waals surface area contributed by atoms with Gasteiger partial charge in [-0.2, -0.15) is 4.98 Å². The maximum atomic E-state index is 6.23. The molecule has 0 spiro atoms. The van der Waals surface area contributed by atoms with Crippen molar-refractivity contribution < 1.29 is 4.52 Å². The summed E-state index contributed by atoms with van der Waals surface area (Å²) in [6.45, 7) is 4.02. The van der Waals surface area contributed by atoms with Crippen LogP contribution >= 0.6 is 11.6 Å². The van der Waals surface area contributed by atoms with E-state index in [1.165, 1.54) is 0 Å². The first-order valence-electron chi connectivity index (χ1n) is 6.55. The average Bonchev–Trinajstić information content (AvgIpc) is 2.89. The molecule has 2 heterocycles. The molecule has 0 saturated carbocycles. The minimum absolute atomic E-state index is 0.366. The van der Waals surface area contributed by atoms with Gasteiger partial charge in [0.1, 0.15) is 0 Å². The van der Waals surface area contributed by atoms with E-state index >= 15 is 0 Å². The zero-order chi connectivity index (χ0) is 13.2. The number of halogens is 1. The second-order valence-electron chi connectivity index (χ2n) is 4.91. The first-order valence-corrected chi connectivity index (χ1v) is 6.93. The molecular formula is C14H16ClN3O. The molecule has 1 aliphatic rings. The molecule has 3 rings (SSSR count). The van der Waals surface area contributed by atoms with Crippen molar-refractivity contribution in [3.8, 4) is 11.4 Å². The smallest absolute Gasteiger partial charge is 0.230 e. The zero-order valence-electron chi connectivity index (χ0n) is 10.8. The molecule has 1 aliphatic heterocycles. The van der Waals surface area contributed by atoms with Crippen LogP contribution in [0.25, 0.3) is 11.4 Å². The third-order valence-electron chi connectivity index (χ3n) is 3.58. The van der Waals surface area contributed by atoms with Gasteiger partial charge < -0.3 is 9.84 Å².